The van der Waals surface area contributed by atoms with Crippen molar-refractivity contribution >= 4 is 11.6 Å². The third-order valence-corrected chi connectivity index (χ3v) is 3.77. The zero-order chi connectivity index (χ0) is 16.2. The van der Waals surface area contributed by atoms with E-state index in [0.29, 0.717) is 18.1 Å². The SMILES string of the molecule is Cc1nc(CN)cc(N2CCN(c3nccnc3C#N)CC2)n1. The predicted octanol–water partition coefficient (Wildman–Crippen LogP) is 0.232. The molecule has 1 fully saturated rings. The summed E-state index contributed by atoms with van der Waals surface area (Å²) in [5.74, 6) is 2.28. The topological polar surface area (TPSA) is 108 Å². The van der Waals surface area contributed by atoms with Crippen molar-refractivity contribution in [3.63, 3.8) is 0 Å². The van der Waals surface area contributed by atoms with Crippen molar-refractivity contribution in [2.75, 3.05) is 36.0 Å². The lowest BCUT2D eigenvalue weighted by molar-refractivity contribution is 0.637. The maximum Gasteiger partial charge on any atom is 0.183 e. The lowest BCUT2D eigenvalue weighted by Gasteiger charge is -2.36. The lowest BCUT2D eigenvalue weighted by Crippen LogP contribution is -2.47. The van der Waals surface area contributed by atoms with Gasteiger partial charge in [0.15, 0.2) is 11.5 Å². The highest BCUT2D eigenvalue weighted by atomic mass is 15.3. The largest absolute Gasteiger partial charge is 0.353 e. The average molecular weight is 310 g/mol. The molecule has 8 heteroatoms. The Morgan fingerprint density at radius 2 is 1.83 bits per heavy atom. The van der Waals surface area contributed by atoms with Crippen LogP contribution in [0.5, 0.6) is 0 Å². The molecule has 23 heavy (non-hydrogen) atoms. The van der Waals surface area contributed by atoms with Gasteiger partial charge in [0, 0.05) is 51.2 Å². The molecule has 3 heterocycles. The molecule has 0 saturated carbocycles. The van der Waals surface area contributed by atoms with E-state index in [4.69, 9.17) is 11.0 Å². The van der Waals surface area contributed by atoms with Gasteiger partial charge in [0.05, 0.1) is 5.69 Å². The molecule has 0 aliphatic carbocycles. The van der Waals surface area contributed by atoms with Crippen LogP contribution < -0.4 is 15.5 Å². The van der Waals surface area contributed by atoms with Gasteiger partial charge in [-0.1, -0.05) is 0 Å². The maximum absolute atomic E-state index is 9.15. The van der Waals surface area contributed by atoms with Crippen LogP contribution in [0.25, 0.3) is 0 Å². The molecular weight excluding hydrogens is 292 g/mol. The first-order valence-corrected chi connectivity index (χ1v) is 7.47. The number of hydrogen-bond acceptors (Lipinski definition) is 8. The highest BCUT2D eigenvalue weighted by Gasteiger charge is 2.22. The Morgan fingerprint density at radius 3 is 2.52 bits per heavy atom. The highest BCUT2D eigenvalue weighted by molar-refractivity contribution is 5.51. The molecule has 1 aliphatic rings. The minimum atomic E-state index is 0.365. The molecule has 2 aromatic rings. The molecule has 3 rings (SSSR count). The first-order valence-electron chi connectivity index (χ1n) is 7.47. The molecule has 118 valence electrons. The van der Waals surface area contributed by atoms with Gasteiger partial charge in [0.25, 0.3) is 0 Å². The van der Waals surface area contributed by atoms with Gasteiger partial charge in [0.2, 0.25) is 0 Å². The molecule has 2 N–H and O–H groups in total. The van der Waals surface area contributed by atoms with Crippen LogP contribution in [0.2, 0.25) is 0 Å². The third kappa shape index (κ3) is 3.19. The standard InChI is InChI=1S/C15H18N8/c1-11-20-12(9-16)8-14(21-11)22-4-6-23(7-5-22)15-13(10-17)18-2-3-19-15/h2-3,8H,4-7,9,16H2,1H3. The van der Waals surface area contributed by atoms with Crippen LogP contribution >= 0.6 is 0 Å². The molecule has 0 atom stereocenters. The second kappa shape index (κ2) is 6.54. The van der Waals surface area contributed by atoms with Crippen molar-refractivity contribution in [1.29, 1.82) is 5.26 Å². The van der Waals surface area contributed by atoms with E-state index in [1.165, 1.54) is 6.20 Å². The molecule has 0 bridgehead atoms. The van der Waals surface area contributed by atoms with Crippen molar-refractivity contribution < 1.29 is 0 Å². The average Bonchev–Trinajstić information content (AvgIpc) is 2.61. The molecule has 0 unspecified atom stereocenters. The van der Waals surface area contributed by atoms with Gasteiger partial charge < -0.3 is 15.5 Å². The van der Waals surface area contributed by atoms with Gasteiger partial charge in [-0.3, -0.25) is 0 Å². The Morgan fingerprint density at radius 1 is 1.13 bits per heavy atom. The van der Waals surface area contributed by atoms with Crippen molar-refractivity contribution in [2.24, 2.45) is 5.73 Å². The van der Waals surface area contributed by atoms with E-state index in [2.05, 4.69) is 35.8 Å². The first kappa shape index (κ1) is 15.1. The first-order chi connectivity index (χ1) is 11.2. The van der Waals surface area contributed by atoms with Crippen LogP contribution in [0, 0.1) is 18.3 Å². The fourth-order valence-corrected chi connectivity index (χ4v) is 2.67. The summed E-state index contributed by atoms with van der Waals surface area (Å²) < 4.78 is 0. The molecule has 0 aromatic carbocycles. The number of aryl methyl sites for hydroxylation is 1. The fraction of sp³-hybridized carbons (Fsp3) is 0.400. The van der Waals surface area contributed by atoms with Crippen LogP contribution in [0.1, 0.15) is 17.2 Å². The van der Waals surface area contributed by atoms with Gasteiger partial charge in [-0.15, -0.1) is 0 Å². The summed E-state index contributed by atoms with van der Waals surface area (Å²) in [6.45, 7) is 5.38. The van der Waals surface area contributed by atoms with Crippen LogP contribution in [0.3, 0.4) is 0 Å². The van der Waals surface area contributed by atoms with E-state index >= 15 is 0 Å². The number of aromatic nitrogens is 4. The van der Waals surface area contributed by atoms with Gasteiger partial charge >= 0.3 is 0 Å². The Labute approximate surface area is 134 Å². The Balaban J connectivity index is 1.74. The van der Waals surface area contributed by atoms with Gasteiger partial charge in [-0.2, -0.15) is 5.26 Å². The fourth-order valence-electron chi connectivity index (χ4n) is 2.67. The normalized spacial score (nSPS) is 14.7. The highest BCUT2D eigenvalue weighted by Crippen LogP contribution is 2.19. The predicted molar refractivity (Wildman–Crippen MR) is 85.8 cm³/mol. The van der Waals surface area contributed by atoms with Crippen molar-refractivity contribution in [3.05, 3.63) is 35.7 Å². The lowest BCUT2D eigenvalue weighted by atomic mass is 10.2. The Hall–Kier alpha value is -2.79. The summed E-state index contributed by atoms with van der Waals surface area (Å²) in [7, 11) is 0. The zero-order valence-electron chi connectivity index (χ0n) is 13.0. The number of nitrogens with zero attached hydrogens (tertiary/aromatic N) is 7. The molecule has 0 spiro atoms. The van der Waals surface area contributed by atoms with Crippen molar-refractivity contribution in [3.8, 4) is 6.07 Å². The van der Waals surface area contributed by atoms with E-state index in [1.807, 2.05) is 13.0 Å². The smallest absolute Gasteiger partial charge is 0.183 e. The number of nitriles is 1. The summed E-state index contributed by atoms with van der Waals surface area (Å²) in [5, 5.41) is 9.15. The van der Waals surface area contributed by atoms with Gasteiger partial charge in [-0.25, -0.2) is 19.9 Å². The quantitative estimate of drug-likeness (QED) is 0.858. The van der Waals surface area contributed by atoms with E-state index in [9.17, 15) is 0 Å². The molecule has 2 aromatic heterocycles. The van der Waals surface area contributed by atoms with Gasteiger partial charge in [0.1, 0.15) is 17.7 Å². The zero-order valence-corrected chi connectivity index (χ0v) is 13.0. The Kier molecular flexibility index (Phi) is 4.30. The van der Waals surface area contributed by atoms with Gasteiger partial charge in [-0.05, 0) is 6.92 Å². The number of nitrogens with two attached hydrogens (primary N) is 1. The summed E-state index contributed by atoms with van der Waals surface area (Å²) in [6.07, 6.45) is 3.15. The van der Waals surface area contributed by atoms with E-state index in [0.717, 1.165) is 43.5 Å². The monoisotopic (exact) mass is 310 g/mol. The summed E-state index contributed by atoms with van der Waals surface area (Å²) >= 11 is 0. The number of piperazine rings is 1. The molecule has 8 nitrogen and oxygen atoms in total. The number of rotatable bonds is 3. The van der Waals surface area contributed by atoms with Crippen LogP contribution in [0.15, 0.2) is 18.5 Å². The number of hydrogen-bond donors (Lipinski definition) is 1. The van der Waals surface area contributed by atoms with Crippen molar-refractivity contribution in [1.82, 2.24) is 19.9 Å². The second-order valence-corrected chi connectivity index (χ2v) is 5.28. The number of anilines is 2. The van der Waals surface area contributed by atoms with E-state index in [1.54, 1.807) is 6.20 Å². The van der Waals surface area contributed by atoms with Crippen LogP contribution in [0.4, 0.5) is 11.6 Å². The Bertz CT molecular complexity index is 730. The van der Waals surface area contributed by atoms with Crippen molar-refractivity contribution in [2.45, 2.75) is 13.5 Å². The summed E-state index contributed by atoms with van der Waals surface area (Å²) in [5.41, 5.74) is 6.89. The van der Waals surface area contributed by atoms with Crippen LogP contribution in [-0.4, -0.2) is 46.1 Å². The maximum atomic E-state index is 9.15. The molecule has 0 amide bonds. The second-order valence-electron chi connectivity index (χ2n) is 5.28. The third-order valence-electron chi connectivity index (χ3n) is 3.77. The summed E-state index contributed by atoms with van der Waals surface area (Å²) in [6, 6.07) is 4.03. The molecule has 1 aliphatic heterocycles. The summed E-state index contributed by atoms with van der Waals surface area (Å²) in [4.78, 5) is 21.4. The van der Waals surface area contributed by atoms with E-state index in [-0.39, 0.29) is 0 Å². The van der Waals surface area contributed by atoms with Crippen LogP contribution in [-0.2, 0) is 6.54 Å². The van der Waals surface area contributed by atoms with E-state index < -0.39 is 0 Å². The minimum absolute atomic E-state index is 0.365. The molecule has 1 saturated heterocycles. The molecule has 0 radical (unpaired) electrons. The minimum Gasteiger partial charge on any atom is -0.353 e. The molecular formula is C15H18N8.